The molecule has 6 heavy (non-hydrogen) atoms. The molecule has 0 aliphatic carbocycles. The van der Waals surface area contributed by atoms with Gasteiger partial charge in [0.25, 0.3) is 0 Å². The minimum atomic E-state index is -0.931. The van der Waals surface area contributed by atoms with E-state index in [1.165, 1.54) is 0 Å². The number of carbonyl (C=O) groups is 1. The molecule has 0 rings (SSSR count). The molecule has 0 fully saturated rings. The summed E-state index contributed by atoms with van der Waals surface area (Å²) in [6.07, 6.45) is 0.500. The van der Waals surface area contributed by atoms with Crippen molar-refractivity contribution in [3.05, 3.63) is 6.92 Å². The third-order valence-corrected chi connectivity index (χ3v) is 0. The van der Waals surface area contributed by atoms with Crippen LogP contribution in [-0.2, 0) is 19.9 Å². The molecule has 4 heteroatoms. The molecule has 0 aromatic heterocycles. The number of rotatable bonds is 0. The van der Waals surface area contributed by atoms with Crippen LogP contribution in [-0.4, -0.2) is 6.29 Å². The second-order valence-electron chi connectivity index (χ2n) is 0.268. The molecule has 0 saturated carbocycles. The van der Waals surface area contributed by atoms with Gasteiger partial charge in [-0.05, 0) is 0 Å². The number of carbonyl (C=O) groups excluding carboxylic acids is 1. The van der Waals surface area contributed by atoms with E-state index in [1.807, 2.05) is 0 Å². The minimum absolute atomic E-state index is 0.500. The van der Waals surface area contributed by atoms with E-state index in [9.17, 15) is 0 Å². The first-order chi connectivity index (χ1) is 2.83. The van der Waals surface area contributed by atoms with Crippen LogP contribution >= 0.6 is 19.4 Å². The molecule has 1 nitrogen and oxygen atoms in total. The summed E-state index contributed by atoms with van der Waals surface area (Å²) in [6, 6.07) is 0. The summed E-state index contributed by atoms with van der Waals surface area (Å²) < 4.78 is 0. The van der Waals surface area contributed by atoms with Gasteiger partial charge >= 0.3 is 34.5 Å². The Morgan fingerprint density at radius 3 is 1.67 bits per heavy atom. The first-order valence-corrected chi connectivity index (χ1v) is 8.98. The van der Waals surface area contributed by atoms with E-state index in [0.717, 1.165) is 0 Å². The summed E-state index contributed by atoms with van der Waals surface area (Å²) in [4.78, 5) is 8.69. The molecule has 1 radical (unpaired) electrons. The Bertz CT molecular complexity index is 25.5. The van der Waals surface area contributed by atoms with Gasteiger partial charge in [-0.15, -0.1) is 0 Å². The summed E-state index contributed by atoms with van der Waals surface area (Å²) in [6.45, 7) is 2.81. The predicted molar refractivity (Wildman–Crippen MR) is 23.1 cm³/mol. The monoisotopic (exact) mass is 177 g/mol. The quantitative estimate of drug-likeness (QED) is 0.406. The molecule has 0 spiro atoms. The number of hydrogen-bond acceptors (Lipinski definition) is 1. The molecule has 33 valence electrons. The first kappa shape index (κ1) is 9.98. The van der Waals surface area contributed by atoms with E-state index in [1.54, 1.807) is 0 Å². The Morgan fingerprint density at radius 1 is 1.67 bits per heavy atom. The molecule has 0 unspecified atom stereocenters. The van der Waals surface area contributed by atoms with Crippen LogP contribution in [0, 0.1) is 6.92 Å². The molecule has 0 N–H and O–H groups in total. The van der Waals surface area contributed by atoms with Gasteiger partial charge in [-0.3, -0.25) is 0 Å². The summed E-state index contributed by atoms with van der Waals surface area (Å²) in [5.74, 6) is 0. The maximum absolute atomic E-state index is 8.69. The SMILES string of the molecule is [CH2]C=O.[Cl][Zn][Cl]. The number of halogens is 2. The van der Waals surface area contributed by atoms with Crippen LogP contribution in [0.15, 0.2) is 0 Å². The van der Waals surface area contributed by atoms with Crippen LogP contribution < -0.4 is 0 Å². The zero-order valence-corrected chi connectivity index (χ0v) is 7.63. The second-order valence-corrected chi connectivity index (χ2v) is 4.89. The van der Waals surface area contributed by atoms with Gasteiger partial charge in [-0.2, -0.15) is 0 Å². The maximum atomic E-state index is 8.69. The van der Waals surface area contributed by atoms with Crippen LogP contribution in [0.5, 0.6) is 0 Å². The fourth-order valence-corrected chi connectivity index (χ4v) is 0. The van der Waals surface area contributed by atoms with Gasteiger partial charge in [0.15, 0.2) is 0 Å². The molecular weight excluding hydrogens is 176 g/mol. The molecule has 0 amide bonds. The van der Waals surface area contributed by atoms with Gasteiger partial charge in [-0.1, -0.05) is 0 Å². The van der Waals surface area contributed by atoms with E-state index in [2.05, 4.69) is 6.92 Å². The third kappa shape index (κ3) is 95.9. The van der Waals surface area contributed by atoms with Crippen molar-refractivity contribution < 1.29 is 19.9 Å². The molecular formula is C2H3Cl2OZn. The summed E-state index contributed by atoms with van der Waals surface area (Å²) in [5, 5.41) is 0. The zero-order chi connectivity index (χ0) is 5.41. The van der Waals surface area contributed by atoms with Crippen LogP contribution in [0.2, 0.25) is 0 Å². The third-order valence-electron chi connectivity index (χ3n) is 0. The van der Waals surface area contributed by atoms with Gasteiger partial charge in [0.2, 0.25) is 0 Å². The van der Waals surface area contributed by atoms with E-state index in [-0.39, 0.29) is 0 Å². The van der Waals surface area contributed by atoms with Crippen molar-refractivity contribution in [3.8, 4) is 0 Å². The van der Waals surface area contributed by atoms with Crippen molar-refractivity contribution >= 4 is 25.7 Å². The van der Waals surface area contributed by atoms with Crippen LogP contribution in [0.3, 0.4) is 0 Å². The Kier molecular flexibility index (Phi) is 28.1. The summed E-state index contributed by atoms with van der Waals surface area (Å²) in [5.41, 5.74) is 0. The van der Waals surface area contributed by atoms with Gasteiger partial charge in [0.05, 0.1) is 0 Å². The molecule has 0 aromatic carbocycles. The predicted octanol–water partition coefficient (Wildman–Crippen LogP) is 1.40. The van der Waals surface area contributed by atoms with Crippen molar-refractivity contribution in [3.63, 3.8) is 0 Å². The molecule has 0 heterocycles. The zero-order valence-electron chi connectivity index (χ0n) is 3.16. The molecule has 0 aliphatic rings. The van der Waals surface area contributed by atoms with Crippen LogP contribution in [0.4, 0.5) is 0 Å². The van der Waals surface area contributed by atoms with Crippen LogP contribution in [0.1, 0.15) is 0 Å². The van der Waals surface area contributed by atoms with Gasteiger partial charge in [0, 0.05) is 6.92 Å². The van der Waals surface area contributed by atoms with E-state index >= 15 is 0 Å². The molecule has 0 aromatic rings. The Labute approximate surface area is 52.7 Å². The molecule has 0 bridgehead atoms. The summed E-state index contributed by atoms with van der Waals surface area (Å²) >= 11 is -0.931. The van der Waals surface area contributed by atoms with Gasteiger partial charge < -0.3 is 4.79 Å². The number of hydrogen-bond donors (Lipinski definition) is 0. The van der Waals surface area contributed by atoms with Crippen molar-refractivity contribution in [2.45, 2.75) is 0 Å². The Hall–Kier alpha value is 0.873. The fraction of sp³-hybridized carbons (Fsp3) is 0. The van der Waals surface area contributed by atoms with Crippen LogP contribution in [0.25, 0.3) is 0 Å². The standard InChI is InChI=1S/C2H3O.2ClH.Zn/c1-2-3;;;/h2H,1H2;2*1H;/q;;;+2/p-2. The fourth-order valence-electron chi connectivity index (χ4n) is 0. The van der Waals surface area contributed by atoms with E-state index in [0.29, 0.717) is 6.29 Å². The number of aldehydes is 1. The van der Waals surface area contributed by atoms with Crippen molar-refractivity contribution in [1.82, 2.24) is 0 Å². The van der Waals surface area contributed by atoms with E-state index < -0.39 is 15.1 Å². The average Bonchev–Trinajstić information content (AvgIpc) is 1.39. The topological polar surface area (TPSA) is 17.1 Å². The van der Waals surface area contributed by atoms with Crippen molar-refractivity contribution in [2.75, 3.05) is 0 Å². The summed E-state index contributed by atoms with van der Waals surface area (Å²) in [7, 11) is 9.90. The Balaban J connectivity index is 0. The van der Waals surface area contributed by atoms with E-state index in [4.69, 9.17) is 24.2 Å². The second kappa shape index (κ2) is 16.9. The average molecular weight is 179 g/mol. The first-order valence-electron chi connectivity index (χ1n) is 1.18. The van der Waals surface area contributed by atoms with Gasteiger partial charge in [-0.25, -0.2) is 0 Å². The van der Waals surface area contributed by atoms with Crippen molar-refractivity contribution in [1.29, 1.82) is 0 Å². The Morgan fingerprint density at radius 2 is 1.67 bits per heavy atom. The van der Waals surface area contributed by atoms with Crippen molar-refractivity contribution in [2.24, 2.45) is 0 Å². The molecule has 0 aliphatic heterocycles. The molecule has 0 atom stereocenters. The normalized spacial score (nSPS) is 3.83. The molecule has 0 saturated heterocycles. The van der Waals surface area contributed by atoms with Gasteiger partial charge in [0.1, 0.15) is 6.29 Å².